The zero-order valence-corrected chi connectivity index (χ0v) is 12.0. The van der Waals surface area contributed by atoms with E-state index in [1.165, 1.54) is 22.2 Å². The van der Waals surface area contributed by atoms with Crippen molar-refractivity contribution >= 4 is 27.3 Å². The molecule has 0 aromatic carbocycles. The summed E-state index contributed by atoms with van der Waals surface area (Å²) in [4.78, 5) is 5.40. The molecule has 0 fully saturated rings. The molecular weight excluding hydrogens is 298 g/mol. The number of aryl methyl sites for hydroxylation is 1. The van der Waals surface area contributed by atoms with E-state index in [1.807, 2.05) is 18.7 Å². The highest BCUT2D eigenvalue weighted by Crippen LogP contribution is 2.21. The number of thiophene rings is 1. The lowest BCUT2D eigenvalue weighted by molar-refractivity contribution is 0.569. The molecule has 17 heavy (non-hydrogen) atoms. The molecule has 0 aliphatic carbocycles. The monoisotopic (exact) mass is 313 g/mol. The van der Waals surface area contributed by atoms with Crippen molar-refractivity contribution in [3.8, 4) is 0 Å². The first-order valence-corrected chi connectivity index (χ1v) is 7.42. The molecule has 0 amide bonds. The van der Waals surface area contributed by atoms with Gasteiger partial charge in [-0.1, -0.05) is 0 Å². The smallest absolute Gasteiger partial charge is 0.0945 e. The minimum absolute atomic E-state index is 0.962. The third kappa shape index (κ3) is 4.26. The van der Waals surface area contributed by atoms with Crippen LogP contribution in [0.25, 0.3) is 0 Å². The van der Waals surface area contributed by atoms with Gasteiger partial charge in [0, 0.05) is 34.8 Å². The number of hydrogen-bond donors (Lipinski definition) is 1. The Labute approximate surface area is 114 Å². The average molecular weight is 314 g/mol. The number of halogens is 1. The minimum Gasteiger partial charge on any atom is -0.337 e. The number of rotatable bonds is 7. The van der Waals surface area contributed by atoms with Crippen molar-refractivity contribution in [3.05, 3.63) is 39.5 Å². The molecule has 0 atom stereocenters. The molecule has 0 aliphatic rings. The normalized spacial score (nSPS) is 10.9. The van der Waals surface area contributed by atoms with Crippen molar-refractivity contribution in [1.29, 1.82) is 0 Å². The van der Waals surface area contributed by atoms with Gasteiger partial charge in [-0.05, 0) is 46.8 Å². The molecule has 3 nitrogen and oxygen atoms in total. The summed E-state index contributed by atoms with van der Waals surface area (Å²) in [7, 11) is 0. The fourth-order valence-corrected chi connectivity index (χ4v) is 3.08. The molecule has 0 spiro atoms. The Morgan fingerprint density at radius 3 is 3.06 bits per heavy atom. The largest absolute Gasteiger partial charge is 0.337 e. The first-order chi connectivity index (χ1) is 8.36. The Bertz CT molecular complexity index is 425. The standard InChI is InChI=1S/C12H16BrN3S/c13-11-3-8-17-12(11)9-14-4-1-2-6-16-7-5-15-10-16/h3,5,7-8,10,14H,1-2,4,6,9H2. The highest BCUT2D eigenvalue weighted by atomic mass is 79.9. The summed E-state index contributed by atoms with van der Waals surface area (Å²) in [5.41, 5.74) is 0. The fraction of sp³-hybridized carbons (Fsp3) is 0.417. The summed E-state index contributed by atoms with van der Waals surface area (Å²) >= 11 is 5.32. The third-order valence-corrected chi connectivity index (χ3v) is 4.48. The molecule has 0 unspecified atom stereocenters. The maximum Gasteiger partial charge on any atom is 0.0945 e. The molecular formula is C12H16BrN3S. The first kappa shape index (κ1) is 12.8. The molecule has 92 valence electrons. The molecule has 0 aliphatic heterocycles. The molecule has 5 heteroatoms. The molecule has 1 N–H and O–H groups in total. The molecule has 2 heterocycles. The summed E-state index contributed by atoms with van der Waals surface area (Å²) in [5.74, 6) is 0. The highest BCUT2D eigenvalue weighted by Gasteiger charge is 1.99. The van der Waals surface area contributed by atoms with Crippen LogP contribution < -0.4 is 5.32 Å². The van der Waals surface area contributed by atoms with Crippen LogP contribution in [-0.2, 0) is 13.1 Å². The van der Waals surface area contributed by atoms with E-state index < -0.39 is 0 Å². The van der Waals surface area contributed by atoms with Gasteiger partial charge in [0.1, 0.15) is 0 Å². The van der Waals surface area contributed by atoms with Crippen molar-refractivity contribution in [2.24, 2.45) is 0 Å². The summed E-state index contributed by atoms with van der Waals surface area (Å²) < 4.78 is 3.34. The second kappa shape index (κ2) is 6.93. The Hall–Kier alpha value is -0.650. The van der Waals surface area contributed by atoms with Crippen molar-refractivity contribution in [2.75, 3.05) is 6.54 Å². The predicted octanol–water partition coefficient (Wildman–Crippen LogP) is 3.28. The van der Waals surface area contributed by atoms with Gasteiger partial charge in [-0.2, -0.15) is 0 Å². The quantitative estimate of drug-likeness (QED) is 0.795. The van der Waals surface area contributed by atoms with Crippen molar-refractivity contribution in [3.63, 3.8) is 0 Å². The van der Waals surface area contributed by atoms with Gasteiger partial charge in [0.05, 0.1) is 6.33 Å². The van der Waals surface area contributed by atoms with Crippen LogP contribution in [0.4, 0.5) is 0 Å². The van der Waals surface area contributed by atoms with E-state index in [-0.39, 0.29) is 0 Å². The van der Waals surface area contributed by atoms with Crippen LogP contribution in [0.1, 0.15) is 17.7 Å². The summed E-state index contributed by atoms with van der Waals surface area (Å²) in [6, 6.07) is 2.10. The fourth-order valence-electron chi connectivity index (χ4n) is 1.62. The first-order valence-electron chi connectivity index (χ1n) is 5.74. The van der Waals surface area contributed by atoms with E-state index in [9.17, 15) is 0 Å². The van der Waals surface area contributed by atoms with E-state index in [2.05, 4.69) is 42.2 Å². The van der Waals surface area contributed by atoms with Gasteiger partial charge >= 0.3 is 0 Å². The summed E-state index contributed by atoms with van der Waals surface area (Å²) in [6.07, 6.45) is 8.09. The molecule has 2 aromatic heterocycles. The van der Waals surface area contributed by atoms with E-state index in [0.717, 1.165) is 19.6 Å². The Morgan fingerprint density at radius 1 is 1.41 bits per heavy atom. The SMILES string of the molecule is Brc1ccsc1CNCCCCn1ccnc1. The minimum atomic E-state index is 0.962. The Balaban J connectivity index is 1.54. The molecule has 2 rings (SSSR count). The third-order valence-electron chi connectivity index (χ3n) is 2.56. The zero-order valence-electron chi connectivity index (χ0n) is 9.60. The van der Waals surface area contributed by atoms with E-state index in [1.54, 1.807) is 11.3 Å². The van der Waals surface area contributed by atoms with Crippen LogP contribution in [0.3, 0.4) is 0 Å². The van der Waals surface area contributed by atoms with Gasteiger partial charge in [-0.3, -0.25) is 0 Å². The van der Waals surface area contributed by atoms with E-state index in [4.69, 9.17) is 0 Å². The second-order valence-corrected chi connectivity index (χ2v) is 5.73. The van der Waals surface area contributed by atoms with Gasteiger partial charge in [0.15, 0.2) is 0 Å². The van der Waals surface area contributed by atoms with Crippen LogP contribution in [0.15, 0.2) is 34.6 Å². The molecule has 0 saturated heterocycles. The second-order valence-electron chi connectivity index (χ2n) is 3.88. The maximum absolute atomic E-state index is 4.02. The van der Waals surface area contributed by atoms with Gasteiger partial charge < -0.3 is 9.88 Å². The van der Waals surface area contributed by atoms with Crippen molar-refractivity contribution < 1.29 is 0 Å². The number of hydrogen-bond acceptors (Lipinski definition) is 3. The van der Waals surface area contributed by atoms with Crippen LogP contribution in [0, 0.1) is 0 Å². The number of aromatic nitrogens is 2. The maximum atomic E-state index is 4.02. The van der Waals surface area contributed by atoms with E-state index in [0.29, 0.717) is 0 Å². The zero-order chi connectivity index (χ0) is 11.9. The Kier molecular flexibility index (Phi) is 5.22. The lowest BCUT2D eigenvalue weighted by atomic mass is 10.3. The van der Waals surface area contributed by atoms with Crippen molar-refractivity contribution in [1.82, 2.24) is 14.9 Å². The lowest BCUT2D eigenvalue weighted by Crippen LogP contribution is -2.14. The lowest BCUT2D eigenvalue weighted by Gasteiger charge is -2.04. The molecule has 0 radical (unpaired) electrons. The van der Waals surface area contributed by atoms with Crippen LogP contribution in [0.5, 0.6) is 0 Å². The van der Waals surface area contributed by atoms with Crippen LogP contribution >= 0.6 is 27.3 Å². The van der Waals surface area contributed by atoms with Crippen molar-refractivity contribution in [2.45, 2.75) is 25.9 Å². The number of unbranched alkanes of at least 4 members (excludes halogenated alkanes) is 1. The Morgan fingerprint density at radius 2 is 2.35 bits per heavy atom. The summed E-state index contributed by atoms with van der Waals surface area (Å²) in [6.45, 7) is 3.09. The van der Waals surface area contributed by atoms with Crippen LogP contribution in [-0.4, -0.2) is 16.1 Å². The molecule has 0 saturated carbocycles. The molecule has 0 bridgehead atoms. The van der Waals surface area contributed by atoms with Crippen LogP contribution in [0.2, 0.25) is 0 Å². The van der Waals surface area contributed by atoms with Gasteiger partial charge in [-0.25, -0.2) is 4.98 Å². The predicted molar refractivity (Wildman–Crippen MR) is 75.2 cm³/mol. The average Bonchev–Trinajstić information content (AvgIpc) is 2.95. The summed E-state index contributed by atoms with van der Waals surface area (Å²) in [5, 5.41) is 5.58. The van der Waals surface area contributed by atoms with Gasteiger partial charge in [0.2, 0.25) is 0 Å². The number of imidazole rings is 1. The van der Waals surface area contributed by atoms with Gasteiger partial charge in [-0.15, -0.1) is 11.3 Å². The van der Waals surface area contributed by atoms with Gasteiger partial charge in [0.25, 0.3) is 0 Å². The van der Waals surface area contributed by atoms with E-state index >= 15 is 0 Å². The topological polar surface area (TPSA) is 29.9 Å². The highest BCUT2D eigenvalue weighted by molar-refractivity contribution is 9.10. The number of nitrogens with zero attached hydrogens (tertiary/aromatic N) is 2. The molecule has 2 aromatic rings. The number of nitrogens with one attached hydrogen (secondary N) is 1.